The molecule has 2 aliphatic heterocycles. The minimum absolute atomic E-state index is 0.0160. The number of carboxylic acids is 1. The highest BCUT2D eigenvalue weighted by atomic mass is 16.6. The SMILES string of the molecule is C=C/C(=C\C=C/C)C(=O)OC1CO[C@@H]2CCO[C@H]12.CC(=O)Oc1ccccc1C(=O)O. The Morgan fingerprint density at radius 1 is 1.23 bits per heavy atom. The summed E-state index contributed by atoms with van der Waals surface area (Å²) in [5.74, 6) is -1.96. The second-order valence-corrected chi connectivity index (χ2v) is 6.69. The van der Waals surface area contributed by atoms with Gasteiger partial charge in [0, 0.05) is 13.5 Å². The minimum atomic E-state index is -1.11. The van der Waals surface area contributed by atoms with Crippen molar-refractivity contribution in [2.24, 2.45) is 0 Å². The molecule has 2 saturated heterocycles. The zero-order chi connectivity index (χ0) is 22.8. The Kier molecular flexibility index (Phi) is 9.17. The average Bonchev–Trinajstić information content (AvgIpc) is 3.34. The molecule has 0 saturated carbocycles. The second-order valence-electron chi connectivity index (χ2n) is 6.69. The number of carbonyl (C=O) groups excluding carboxylic acids is 2. The van der Waals surface area contributed by atoms with Crippen molar-refractivity contribution in [3.8, 4) is 5.75 Å². The fourth-order valence-electron chi connectivity index (χ4n) is 3.04. The lowest BCUT2D eigenvalue weighted by Gasteiger charge is -2.16. The molecule has 0 bridgehead atoms. The molecule has 0 radical (unpaired) electrons. The van der Waals surface area contributed by atoms with E-state index in [4.69, 9.17) is 19.3 Å². The monoisotopic (exact) mass is 430 g/mol. The molecule has 31 heavy (non-hydrogen) atoms. The molecule has 2 heterocycles. The molecule has 0 spiro atoms. The van der Waals surface area contributed by atoms with Crippen LogP contribution in [0.15, 0.2) is 60.7 Å². The minimum Gasteiger partial charge on any atom is -0.478 e. The quantitative estimate of drug-likeness (QED) is 0.317. The summed E-state index contributed by atoms with van der Waals surface area (Å²) in [6, 6.07) is 5.98. The average molecular weight is 430 g/mol. The third-order valence-electron chi connectivity index (χ3n) is 4.47. The molecule has 2 fully saturated rings. The van der Waals surface area contributed by atoms with Gasteiger partial charge in [-0.15, -0.1) is 0 Å². The van der Waals surface area contributed by atoms with Crippen molar-refractivity contribution in [2.45, 2.75) is 38.6 Å². The molecular weight excluding hydrogens is 404 g/mol. The summed E-state index contributed by atoms with van der Waals surface area (Å²) in [4.78, 5) is 33.1. The molecule has 2 aliphatic rings. The second kappa shape index (κ2) is 11.8. The fraction of sp³-hybridized carbons (Fsp3) is 0.348. The first kappa shape index (κ1) is 24.0. The molecule has 8 nitrogen and oxygen atoms in total. The van der Waals surface area contributed by atoms with Gasteiger partial charge in [0.1, 0.15) is 17.4 Å². The molecule has 8 heteroatoms. The number of carboxylic acid groups (broad SMARTS) is 1. The summed E-state index contributed by atoms with van der Waals surface area (Å²) in [7, 11) is 0. The van der Waals surface area contributed by atoms with Gasteiger partial charge in [-0.2, -0.15) is 0 Å². The van der Waals surface area contributed by atoms with Crippen LogP contribution in [0.2, 0.25) is 0 Å². The first-order valence-corrected chi connectivity index (χ1v) is 9.77. The Bertz CT molecular complexity index is 870. The fourth-order valence-corrected chi connectivity index (χ4v) is 3.04. The number of ether oxygens (including phenoxy) is 4. The van der Waals surface area contributed by atoms with Gasteiger partial charge in [-0.25, -0.2) is 9.59 Å². The maximum Gasteiger partial charge on any atom is 0.339 e. The van der Waals surface area contributed by atoms with E-state index in [2.05, 4.69) is 11.3 Å². The normalized spacial score (nSPS) is 22.3. The van der Waals surface area contributed by atoms with E-state index in [1.54, 1.807) is 24.3 Å². The highest BCUT2D eigenvalue weighted by Crippen LogP contribution is 2.28. The van der Waals surface area contributed by atoms with Gasteiger partial charge in [0.05, 0.1) is 18.3 Å². The first-order valence-electron chi connectivity index (χ1n) is 9.77. The summed E-state index contributed by atoms with van der Waals surface area (Å²) in [6.07, 6.45) is 7.32. The van der Waals surface area contributed by atoms with E-state index in [1.165, 1.54) is 25.1 Å². The summed E-state index contributed by atoms with van der Waals surface area (Å²) < 4.78 is 21.1. The lowest BCUT2D eigenvalue weighted by atomic mass is 10.1. The van der Waals surface area contributed by atoms with Crippen molar-refractivity contribution in [2.75, 3.05) is 13.2 Å². The smallest absolute Gasteiger partial charge is 0.339 e. The van der Waals surface area contributed by atoms with Crippen molar-refractivity contribution >= 4 is 17.9 Å². The van der Waals surface area contributed by atoms with E-state index in [1.807, 2.05) is 13.0 Å². The molecule has 0 aromatic heterocycles. The number of fused-ring (bicyclic) bond motifs is 1. The number of aromatic carboxylic acids is 1. The number of hydrogen-bond acceptors (Lipinski definition) is 7. The summed E-state index contributed by atoms with van der Waals surface area (Å²) in [5, 5.41) is 8.69. The van der Waals surface area contributed by atoms with E-state index in [0.717, 1.165) is 6.42 Å². The molecule has 166 valence electrons. The van der Waals surface area contributed by atoms with Gasteiger partial charge in [0.25, 0.3) is 0 Å². The Balaban J connectivity index is 0.000000233. The largest absolute Gasteiger partial charge is 0.478 e. The van der Waals surface area contributed by atoms with Crippen LogP contribution in [-0.2, 0) is 23.8 Å². The van der Waals surface area contributed by atoms with Gasteiger partial charge in [-0.1, -0.05) is 36.9 Å². The van der Waals surface area contributed by atoms with E-state index in [0.29, 0.717) is 18.8 Å². The number of allylic oxidation sites excluding steroid dienone is 3. The number of hydrogen-bond donors (Lipinski definition) is 1. The lowest BCUT2D eigenvalue weighted by molar-refractivity contribution is -0.148. The third-order valence-corrected chi connectivity index (χ3v) is 4.47. The highest BCUT2D eigenvalue weighted by molar-refractivity contribution is 5.92. The molecule has 1 aromatic rings. The standard InChI is InChI=1S/C14H18O4.C9H8O4/c1-3-5-6-10(4-2)14(15)18-12-9-17-11-7-8-16-13(11)12;1-6(10)13-8-5-3-2-4-7(8)9(11)12/h3-6,11-13H,2,7-9H2,1H3;2-5H,1H3,(H,11,12)/b5-3-,10-6+;/t11-,12?,13+;/m1./s1. The van der Waals surface area contributed by atoms with Crippen molar-refractivity contribution in [3.05, 3.63) is 66.3 Å². The van der Waals surface area contributed by atoms with Gasteiger partial charge in [-0.05, 0) is 31.6 Å². The number of benzene rings is 1. The van der Waals surface area contributed by atoms with Crippen LogP contribution in [0.3, 0.4) is 0 Å². The maximum absolute atomic E-state index is 11.9. The predicted octanol–water partition coefficient (Wildman–Crippen LogP) is 3.08. The van der Waals surface area contributed by atoms with E-state index in [-0.39, 0.29) is 35.6 Å². The van der Waals surface area contributed by atoms with Crippen LogP contribution >= 0.6 is 0 Å². The zero-order valence-corrected chi connectivity index (χ0v) is 17.5. The first-order chi connectivity index (χ1) is 14.9. The van der Waals surface area contributed by atoms with Crippen LogP contribution in [0, 0.1) is 0 Å². The molecular formula is C23H26O8. The van der Waals surface area contributed by atoms with Crippen molar-refractivity contribution in [3.63, 3.8) is 0 Å². The number of esters is 2. The van der Waals surface area contributed by atoms with Crippen LogP contribution in [0.5, 0.6) is 5.75 Å². The van der Waals surface area contributed by atoms with Crippen LogP contribution in [0.1, 0.15) is 30.6 Å². The Hall–Kier alpha value is -3.23. The lowest BCUT2D eigenvalue weighted by Crippen LogP contribution is -2.32. The number of para-hydroxylation sites is 1. The van der Waals surface area contributed by atoms with Crippen molar-refractivity contribution in [1.82, 2.24) is 0 Å². The van der Waals surface area contributed by atoms with E-state index >= 15 is 0 Å². The highest BCUT2D eigenvalue weighted by Gasteiger charge is 2.44. The molecule has 1 unspecified atom stereocenters. The molecule has 1 aromatic carbocycles. The Labute approximate surface area is 180 Å². The third kappa shape index (κ3) is 6.91. The molecule has 0 aliphatic carbocycles. The van der Waals surface area contributed by atoms with Crippen LogP contribution in [0.25, 0.3) is 0 Å². The Morgan fingerprint density at radius 3 is 2.61 bits per heavy atom. The van der Waals surface area contributed by atoms with Crippen LogP contribution in [0.4, 0.5) is 0 Å². The maximum atomic E-state index is 11.9. The summed E-state index contributed by atoms with van der Waals surface area (Å²) in [6.45, 7) is 7.80. The zero-order valence-electron chi connectivity index (χ0n) is 17.5. The topological polar surface area (TPSA) is 108 Å². The van der Waals surface area contributed by atoms with Gasteiger partial charge >= 0.3 is 17.9 Å². The van der Waals surface area contributed by atoms with Gasteiger partial charge < -0.3 is 24.1 Å². The van der Waals surface area contributed by atoms with Crippen molar-refractivity contribution < 1.29 is 38.4 Å². The molecule has 0 amide bonds. The Morgan fingerprint density at radius 2 is 1.97 bits per heavy atom. The van der Waals surface area contributed by atoms with Crippen LogP contribution in [-0.4, -0.2) is 54.5 Å². The number of rotatable bonds is 6. The van der Waals surface area contributed by atoms with Crippen molar-refractivity contribution in [1.29, 1.82) is 0 Å². The molecule has 1 N–H and O–H groups in total. The van der Waals surface area contributed by atoms with Crippen LogP contribution < -0.4 is 4.74 Å². The van der Waals surface area contributed by atoms with Gasteiger partial charge in [0.2, 0.25) is 0 Å². The van der Waals surface area contributed by atoms with E-state index < -0.39 is 11.9 Å². The van der Waals surface area contributed by atoms with Gasteiger partial charge in [-0.3, -0.25) is 4.79 Å². The number of carbonyl (C=O) groups is 3. The summed E-state index contributed by atoms with van der Waals surface area (Å²) in [5.41, 5.74) is 0.423. The molecule has 3 rings (SSSR count). The predicted molar refractivity (Wildman–Crippen MR) is 112 cm³/mol. The molecule has 3 atom stereocenters. The van der Waals surface area contributed by atoms with Gasteiger partial charge in [0.15, 0.2) is 6.10 Å². The van der Waals surface area contributed by atoms with E-state index in [9.17, 15) is 14.4 Å². The summed E-state index contributed by atoms with van der Waals surface area (Å²) >= 11 is 0.